The summed E-state index contributed by atoms with van der Waals surface area (Å²) in [4.78, 5) is 0. The van der Waals surface area contributed by atoms with Crippen molar-refractivity contribution < 1.29 is 15.5 Å². The molecule has 1 heterocycles. The van der Waals surface area contributed by atoms with Crippen molar-refractivity contribution in [2.24, 2.45) is 0 Å². The molecule has 0 aliphatic carbocycles. The van der Waals surface area contributed by atoms with Crippen molar-refractivity contribution in [2.45, 2.75) is 32.4 Å². The summed E-state index contributed by atoms with van der Waals surface area (Å²) >= 11 is 0. The van der Waals surface area contributed by atoms with Crippen LogP contribution in [0.15, 0.2) is 0 Å². The van der Waals surface area contributed by atoms with Gasteiger partial charge in [-0.15, -0.1) is 0 Å². The molecule has 0 aromatic heterocycles. The Labute approximate surface area is 62.1 Å². The van der Waals surface area contributed by atoms with E-state index >= 15 is 0 Å². The van der Waals surface area contributed by atoms with Crippen LogP contribution in [0.2, 0.25) is 0 Å². The Morgan fingerprint density at radius 1 is 1.50 bits per heavy atom. The fourth-order valence-electron chi connectivity index (χ4n) is 1.05. The molecule has 0 aromatic rings. The fraction of sp³-hybridized carbons (Fsp3) is 1.00. The number of hydrogen-bond acceptors (Lipinski definition) is 2. The predicted octanol–water partition coefficient (Wildman–Crippen LogP) is -1.30. The maximum Gasteiger partial charge on any atom is 0.136 e. The van der Waals surface area contributed by atoms with Gasteiger partial charge in [0.25, 0.3) is 0 Å². The second-order valence-corrected chi connectivity index (χ2v) is 2.23. The highest BCUT2D eigenvalue weighted by atomic mass is 16.3. The normalized spacial score (nSPS) is 31.2. The summed E-state index contributed by atoms with van der Waals surface area (Å²) in [5, 5.41) is 19.5. The summed E-state index contributed by atoms with van der Waals surface area (Å²) in [7, 11) is 0. The van der Waals surface area contributed by atoms with E-state index in [-0.39, 0.29) is 18.8 Å². The summed E-state index contributed by atoms with van der Waals surface area (Å²) in [6.45, 7) is 5.05. The summed E-state index contributed by atoms with van der Waals surface area (Å²) < 4.78 is 0. The van der Waals surface area contributed by atoms with Crippen molar-refractivity contribution in [3.63, 3.8) is 0 Å². The first-order valence-electron chi connectivity index (χ1n) is 3.97. The van der Waals surface area contributed by atoms with Gasteiger partial charge < -0.3 is 15.5 Å². The number of nitrogens with two attached hydrogens (primary N) is 1. The molecule has 2 atom stereocenters. The number of hydrogen-bond donors (Lipinski definition) is 3. The molecule has 0 aromatic carbocycles. The smallest absolute Gasteiger partial charge is 0.136 e. The van der Waals surface area contributed by atoms with Gasteiger partial charge >= 0.3 is 0 Å². The van der Waals surface area contributed by atoms with Crippen LogP contribution in [0.5, 0.6) is 0 Å². The minimum atomic E-state index is -0.278. The van der Waals surface area contributed by atoms with Crippen molar-refractivity contribution >= 4 is 0 Å². The summed E-state index contributed by atoms with van der Waals surface area (Å²) in [5.74, 6) is 0. The van der Waals surface area contributed by atoms with E-state index in [1.54, 1.807) is 0 Å². The van der Waals surface area contributed by atoms with Crippen LogP contribution in [0.4, 0.5) is 0 Å². The van der Waals surface area contributed by atoms with Gasteiger partial charge in [0.15, 0.2) is 0 Å². The van der Waals surface area contributed by atoms with E-state index in [2.05, 4.69) is 0 Å². The summed E-state index contributed by atoms with van der Waals surface area (Å²) in [5.41, 5.74) is 0. The molecule has 3 heteroatoms. The SMILES string of the molecule is CC.OCC1[NH2+]CCC1O. The molecular formula is C7H18NO2+. The van der Waals surface area contributed by atoms with Crippen molar-refractivity contribution in [3.8, 4) is 0 Å². The van der Waals surface area contributed by atoms with Crippen LogP contribution in [-0.2, 0) is 0 Å². The Kier molecular flexibility index (Phi) is 5.58. The molecule has 0 saturated carbocycles. The van der Waals surface area contributed by atoms with Gasteiger partial charge in [0.1, 0.15) is 12.1 Å². The molecule has 4 N–H and O–H groups in total. The van der Waals surface area contributed by atoms with Crippen molar-refractivity contribution in [1.82, 2.24) is 0 Å². The van der Waals surface area contributed by atoms with E-state index in [0.717, 1.165) is 13.0 Å². The standard InChI is InChI=1S/C5H11NO2.C2H6/c7-3-4-5(8)1-2-6-4;1-2/h4-8H,1-3H2;1-2H3/p+1. The fourth-order valence-corrected chi connectivity index (χ4v) is 1.05. The van der Waals surface area contributed by atoms with Crippen molar-refractivity contribution in [3.05, 3.63) is 0 Å². The van der Waals surface area contributed by atoms with Gasteiger partial charge in [-0.05, 0) is 0 Å². The molecule has 3 nitrogen and oxygen atoms in total. The van der Waals surface area contributed by atoms with Crippen LogP contribution in [0.25, 0.3) is 0 Å². The maximum atomic E-state index is 9.00. The lowest BCUT2D eigenvalue weighted by Crippen LogP contribution is -2.88. The Morgan fingerprint density at radius 2 is 2.10 bits per heavy atom. The third-order valence-corrected chi connectivity index (χ3v) is 1.64. The maximum absolute atomic E-state index is 9.00. The van der Waals surface area contributed by atoms with E-state index < -0.39 is 0 Å². The highest BCUT2D eigenvalue weighted by Crippen LogP contribution is 1.97. The first kappa shape index (κ1) is 9.88. The monoisotopic (exact) mass is 148 g/mol. The van der Waals surface area contributed by atoms with E-state index in [9.17, 15) is 0 Å². The molecule has 0 spiro atoms. The molecule has 0 bridgehead atoms. The molecule has 1 rings (SSSR count). The van der Waals surface area contributed by atoms with Crippen molar-refractivity contribution in [1.29, 1.82) is 0 Å². The van der Waals surface area contributed by atoms with Crippen LogP contribution in [-0.4, -0.2) is 35.5 Å². The van der Waals surface area contributed by atoms with Crippen LogP contribution < -0.4 is 5.32 Å². The molecule has 2 unspecified atom stereocenters. The number of rotatable bonds is 1. The Balaban J connectivity index is 0.000000371. The molecule has 10 heavy (non-hydrogen) atoms. The van der Waals surface area contributed by atoms with E-state index in [1.807, 2.05) is 19.2 Å². The van der Waals surface area contributed by atoms with Gasteiger partial charge in [-0.2, -0.15) is 0 Å². The van der Waals surface area contributed by atoms with E-state index in [4.69, 9.17) is 10.2 Å². The van der Waals surface area contributed by atoms with Crippen LogP contribution in [0.1, 0.15) is 20.3 Å². The predicted molar refractivity (Wildman–Crippen MR) is 39.6 cm³/mol. The molecule has 0 amide bonds. The molecule has 1 saturated heterocycles. The van der Waals surface area contributed by atoms with E-state index in [1.165, 1.54) is 0 Å². The lowest BCUT2D eigenvalue weighted by molar-refractivity contribution is -0.674. The van der Waals surface area contributed by atoms with Crippen LogP contribution in [0.3, 0.4) is 0 Å². The zero-order valence-corrected chi connectivity index (χ0v) is 6.75. The van der Waals surface area contributed by atoms with E-state index in [0.29, 0.717) is 0 Å². The molecule has 1 fully saturated rings. The Bertz CT molecular complexity index is 78.0. The average Bonchev–Trinajstić information content (AvgIpc) is 2.39. The lowest BCUT2D eigenvalue weighted by Gasteiger charge is -2.05. The summed E-state index contributed by atoms with van der Waals surface area (Å²) in [6.07, 6.45) is 0.547. The second-order valence-electron chi connectivity index (χ2n) is 2.23. The first-order chi connectivity index (χ1) is 4.84. The molecular weight excluding hydrogens is 130 g/mol. The highest BCUT2D eigenvalue weighted by molar-refractivity contribution is 4.68. The number of aliphatic hydroxyl groups excluding tert-OH is 2. The Morgan fingerprint density at radius 3 is 2.30 bits per heavy atom. The molecule has 62 valence electrons. The van der Waals surface area contributed by atoms with Gasteiger partial charge in [-0.25, -0.2) is 0 Å². The first-order valence-corrected chi connectivity index (χ1v) is 3.97. The zero-order chi connectivity index (χ0) is 7.98. The minimum absolute atomic E-state index is 0.0509. The number of aliphatic hydroxyl groups is 2. The minimum Gasteiger partial charge on any atom is -0.390 e. The quantitative estimate of drug-likeness (QED) is 0.433. The molecule has 0 radical (unpaired) electrons. The second kappa shape index (κ2) is 5.65. The zero-order valence-electron chi connectivity index (χ0n) is 6.75. The highest BCUT2D eigenvalue weighted by Gasteiger charge is 2.27. The van der Waals surface area contributed by atoms with Gasteiger partial charge in [-0.3, -0.25) is 0 Å². The third-order valence-electron chi connectivity index (χ3n) is 1.64. The molecule has 1 aliphatic heterocycles. The van der Waals surface area contributed by atoms with Crippen LogP contribution >= 0.6 is 0 Å². The topological polar surface area (TPSA) is 57.1 Å². The average molecular weight is 148 g/mol. The van der Waals surface area contributed by atoms with Gasteiger partial charge in [0.05, 0.1) is 13.2 Å². The van der Waals surface area contributed by atoms with Crippen LogP contribution in [0, 0.1) is 0 Å². The lowest BCUT2D eigenvalue weighted by atomic mass is 10.2. The van der Waals surface area contributed by atoms with Gasteiger partial charge in [0, 0.05) is 6.42 Å². The summed E-state index contributed by atoms with van der Waals surface area (Å²) in [6, 6.07) is 0.0509. The molecule has 1 aliphatic rings. The van der Waals surface area contributed by atoms with Gasteiger partial charge in [0.2, 0.25) is 0 Å². The van der Waals surface area contributed by atoms with Gasteiger partial charge in [-0.1, -0.05) is 13.8 Å². The van der Waals surface area contributed by atoms with Crippen molar-refractivity contribution in [2.75, 3.05) is 13.2 Å². The largest absolute Gasteiger partial charge is 0.390 e. The third kappa shape index (κ3) is 2.64. The number of quaternary nitrogens is 1. The Hall–Kier alpha value is -0.120.